The maximum absolute atomic E-state index is 11.8. The topological polar surface area (TPSA) is 52.6 Å². The van der Waals surface area contributed by atoms with E-state index in [0.717, 1.165) is 25.7 Å². The number of hydrogen-bond donors (Lipinski definition) is 0. The zero-order valence-corrected chi connectivity index (χ0v) is 11.6. The summed E-state index contributed by atoms with van der Waals surface area (Å²) in [5.41, 5.74) is -0.252. The lowest BCUT2D eigenvalue weighted by molar-refractivity contribution is -0.150. The fourth-order valence-corrected chi connectivity index (χ4v) is 2.37. The molecule has 4 heteroatoms. The predicted molar refractivity (Wildman–Crippen MR) is 67.9 cm³/mol. The van der Waals surface area contributed by atoms with E-state index in [9.17, 15) is 9.59 Å². The van der Waals surface area contributed by atoms with E-state index in [1.165, 1.54) is 0 Å². The van der Waals surface area contributed by atoms with Gasteiger partial charge in [0.15, 0.2) is 0 Å². The number of esters is 1. The monoisotopic (exact) mass is 256 g/mol. The molecule has 1 aliphatic carbocycles. The van der Waals surface area contributed by atoms with Crippen molar-refractivity contribution in [2.45, 2.75) is 46.5 Å². The summed E-state index contributed by atoms with van der Waals surface area (Å²) in [6, 6.07) is 0. The highest BCUT2D eigenvalue weighted by atomic mass is 16.5. The number of carbonyl (C=O) groups is 2. The van der Waals surface area contributed by atoms with Gasteiger partial charge in [-0.3, -0.25) is 9.59 Å². The molecule has 1 aliphatic rings. The molecule has 0 aromatic heterocycles. The quantitative estimate of drug-likeness (QED) is 0.361. The predicted octanol–water partition coefficient (Wildman–Crippen LogP) is 2.56. The summed E-state index contributed by atoms with van der Waals surface area (Å²) in [4.78, 5) is 21.7. The first kappa shape index (κ1) is 15.0. The lowest BCUT2D eigenvalue weighted by Crippen LogP contribution is -2.19. The largest absolute Gasteiger partial charge is 0.468 e. The minimum Gasteiger partial charge on any atom is -0.468 e. The molecule has 0 spiro atoms. The molecular formula is C14H24O4. The Morgan fingerprint density at radius 3 is 2.17 bits per heavy atom. The van der Waals surface area contributed by atoms with Gasteiger partial charge in [-0.25, -0.2) is 0 Å². The summed E-state index contributed by atoms with van der Waals surface area (Å²) in [6.45, 7) is 7.64. The van der Waals surface area contributed by atoms with Gasteiger partial charge in [0.2, 0.25) is 0 Å². The summed E-state index contributed by atoms with van der Waals surface area (Å²) in [5, 5.41) is 0. The van der Waals surface area contributed by atoms with Crippen LogP contribution in [0.5, 0.6) is 0 Å². The van der Waals surface area contributed by atoms with Crippen LogP contribution in [0.2, 0.25) is 0 Å². The molecule has 0 aromatic rings. The van der Waals surface area contributed by atoms with Crippen LogP contribution in [0.15, 0.2) is 0 Å². The lowest BCUT2D eigenvalue weighted by Gasteiger charge is -2.10. The third kappa shape index (κ3) is 3.47. The zero-order chi connectivity index (χ0) is 13.6. The number of unbranched alkanes of at least 4 members (excludes halogenated alkanes) is 3. The molecule has 1 rings (SSSR count). The normalized spacial score (nSPS) is 29.7. The van der Waals surface area contributed by atoms with Gasteiger partial charge in [-0.1, -0.05) is 13.8 Å². The van der Waals surface area contributed by atoms with Gasteiger partial charge in [0, 0.05) is 0 Å². The van der Waals surface area contributed by atoms with E-state index in [0.29, 0.717) is 31.5 Å². The Kier molecular flexibility index (Phi) is 5.63. The first-order chi connectivity index (χ1) is 8.55. The van der Waals surface area contributed by atoms with Crippen molar-refractivity contribution in [2.75, 3.05) is 13.2 Å². The van der Waals surface area contributed by atoms with Crippen molar-refractivity contribution in [1.29, 1.82) is 0 Å². The smallest absolute Gasteiger partial charge is 0.312 e. The molecular weight excluding hydrogens is 232 g/mol. The van der Waals surface area contributed by atoms with Gasteiger partial charge < -0.3 is 9.47 Å². The SMILES string of the molecule is CC1C(C)C1(C)C(=O)OCCCCCCOC=O. The molecule has 0 radical (unpaired) electrons. The van der Waals surface area contributed by atoms with Crippen LogP contribution in [-0.4, -0.2) is 25.7 Å². The van der Waals surface area contributed by atoms with Crippen LogP contribution in [0.3, 0.4) is 0 Å². The highest BCUT2D eigenvalue weighted by Crippen LogP contribution is 2.58. The molecule has 1 fully saturated rings. The number of rotatable bonds is 9. The van der Waals surface area contributed by atoms with Gasteiger partial charge in [-0.05, 0) is 44.4 Å². The third-order valence-electron chi connectivity index (χ3n) is 4.43. The van der Waals surface area contributed by atoms with Gasteiger partial charge in [0.1, 0.15) is 0 Å². The molecule has 0 saturated heterocycles. The summed E-state index contributed by atoms with van der Waals surface area (Å²) >= 11 is 0. The van der Waals surface area contributed by atoms with E-state index < -0.39 is 0 Å². The maximum atomic E-state index is 11.8. The van der Waals surface area contributed by atoms with Crippen molar-refractivity contribution in [2.24, 2.45) is 17.3 Å². The summed E-state index contributed by atoms with van der Waals surface area (Å²) in [5.74, 6) is 0.822. The highest BCUT2D eigenvalue weighted by molar-refractivity contribution is 5.80. The Morgan fingerprint density at radius 2 is 1.67 bits per heavy atom. The average Bonchev–Trinajstić information content (AvgIpc) is 2.85. The fraction of sp³-hybridized carbons (Fsp3) is 0.857. The van der Waals surface area contributed by atoms with E-state index in [-0.39, 0.29) is 11.4 Å². The van der Waals surface area contributed by atoms with E-state index in [4.69, 9.17) is 4.74 Å². The second-order valence-electron chi connectivity index (χ2n) is 5.38. The van der Waals surface area contributed by atoms with Gasteiger partial charge in [-0.15, -0.1) is 0 Å². The van der Waals surface area contributed by atoms with Crippen LogP contribution >= 0.6 is 0 Å². The lowest BCUT2D eigenvalue weighted by atomic mass is 10.1. The number of hydrogen-bond acceptors (Lipinski definition) is 4. The number of carbonyl (C=O) groups excluding carboxylic acids is 2. The third-order valence-corrected chi connectivity index (χ3v) is 4.43. The van der Waals surface area contributed by atoms with Crippen molar-refractivity contribution < 1.29 is 19.1 Å². The molecule has 4 nitrogen and oxygen atoms in total. The molecule has 0 heterocycles. The van der Waals surface area contributed by atoms with Gasteiger partial charge >= 0.3 is 5.97 Å². The number of ether oxygens (including phenoxy) is 2. The van der Waals surface area contributed by atoms with Gasteiger partial charge in [0.25, 0.3) is 6.47 Å². The van der Waals surface area contributed by atoms with Crippen molar-refractivity contribution in [3.63, 3.8) is 0 Å². The summed E-state index contributed by atoms with van der Waals surface area (Å²) in [6.07, 6.45) is 3.75. The van der Waals surface area contributed by atoms with E-state index in [1.54, 1.807) is 0 Å². The summed E-state index contributed by atoms with van der Waals surface area (Å²) in [7, 11) is 0. The van der Waals surface area contributed by atoms with E-state index in [1.807, 2.05) is 6.92 Å². The fourth-order valence-electron chi connectivity index (χ4n) is 2.37. The van der Waals surface area contributed by atoms with Gasteiger partial charge in [0.05, 0.1) is 18.6 Å². The van der Waals surface area contributed by atoms with Crippen molar-refractivity contribution >= 4 is 12.4 Å². The van der Waals surface area contributed by atoms with Crippen LogP contribution in [0.4, 0.5) is 0 Å². The Balaban J connectivity index is 1.99. The van der Waals surface area contributed by atoms with Gasteiger partial charge in [-0.2, -0.15) is 0 Å². The molecule has 2 unspecified atom stereocenters. The van der Waals surface area contributed by atoms with Crippen molar-refractivity contribution in [3.8, 4) is 0 Å². The molecule has 0 N–H and O–H groups in total. The summed E-state index contributed by atoms with van der Waals surface area (Å²) < 4.78 is 9.90. The van der Waals surface area contributed by atoms with Crippen molar-refractivity contribution in [1.82, 2.24) is 0 Å². The van der Waals surface area contributed by atoms with Crippen LogP contribution in [0, 0.1) is 17.3 Å². The zero-order valence-electron chi connectivity index (χ0n) is 11.6. The van der Waals surface area contributed by atoms with Crippen LogP contribution in [0.1, 0.15) is 46.5 Å². The van der Waals surface area contributed by atoms with E-state index >= 15 is 0 Å². The molecule has 2 atom stereocenters. The average molecular weight is 256 g/mol. The minimum absolute atomic E-state index is 0.0493. The molecule has 104 valence electrons. The van der Waals surface area contributed by atoms with E-state index in [2.05, 4.69) is 18.6 Å². The molecule has 0 bridgehead atoms. The molecule has 18 heavy (non-hydrogen) atoms. The molecule has 0 amide bonds. The minimum atomic E-state index is -0.252. The Labute approximate surface area is 109 Å². The molecule has 0 aliphatic heterocycles. The first-order valence-electron chi connectivity index (χ1n) is 6.77. The maximum Gasteiger partial charge on any atom is 0.312 e. The molecule has 0 aromatic carbocycles. The van der Waals surface area contributed by atoms with Crippen LogP contribution in [-0.2, 0) is 19.1 Å². The van der Waals surface area contributed by atoms with Crippen molar-refractivity contribution in [3.05, 3.63) is 0 Å². The standard InChI is InChI=1S/C14H24O4/c1-11-12(2)14(11,3)13(16)18-9-7-5-4-6-8-17-10-15/h10-12H,4-9H2,1-3H3. The van der Waals surface area contributed by atoms with Crippen LogP contribution in [0.25, 0.3) is 0 Å². The Bertz CT molecular complexity index is 280. The Morgan fingerprint density at radius 1 is 1.11 bits per heavy atom. The second kappa shape index (κ2) is 6.76. The first-order valence-corrected chi connectivity index (χ1v) is 6.77. The molecule has 1 saturated carbocycles. The highest BCUT2D eigenvalue weighted by Gasteiger charge is 2.61. The second-order valence-corrected chi connectivity index (χ2v) is 5.38. The van der Waals surface area contributed by atoms with Crippen LogP contribution < -0.4 is 0 Å². The Hall–Kier alpha value is -1.06.